The minimum atomic E-state index is -3.46. The molecule has 1 saturated heterocycles. The van der Waals surface area contributed by atoms with E-state index in [1.165, 1.54) is 0 Å². The lowest BCUT2D eigenvalue weighted by molar-refractivity contribution is 0.129. The maximum Gasteiger partial charge on any atom is 0.243 e. The topological polar surface area (TPSA) is 83.0 Å². The third kappa shape index (κ3) is 8.68. The van der Waals surface area contributed by atoms with Crippen LogP contribution in [0.15, 0.2) is 34.2 Å². The molecule has 1 aromatic rings. The van der Waals surface area contributed by atoms with Gasteiger partial charge in [0.1, 0.15) is 0 Å². The zero-order chi connectivity index (χ0) is 21.0. The first-order chi connectivity index (χ1) is 14.1. The summed E-state index contributed by atoms with van der Waals surface area (Å²) in [6.07, 6.45) is 6.09. The third-order valence-corrected chi connectivity index (χ3v) is 6.97. The van der Waals surface area contributed by atoms with Gasteiger partial charge in [0, 0.05) is 46.4 Å². The van der Waals surface area contributed by atoms with Crippen LogP contribution in [-0.4, -0.2) is 58.6 Å². The largest absolute Gasteiger partial charge is 0.381 e. The number of guanidine groups is 1. The Morgan fingerprint density at radius 3 is 2.50 bits per heavy atom. The summed E-state index contributed by atoms with van der Waals surface area (Å²) >= 11 is 0. The minimum absolute atomic E-state index is 0. The molecular formula is C21H37IN4O3S. The van der Waals surface area contributed by atoms with E-state index in [-0.39, 0.29) is 24.0 Å². The lowest BCUT2D eigenvalue weighted by Gasteiger charge is -2.27. The molecule has 0 saturated carbocycles. The number of hydrogen-bond donors (Lipinski definition) is 2. The van der Waals surface area contributed by atoms with Gasteiger partial charge in [0.25, 0.3) is 0 Å². The monoisotopic (exact) mass is 552 g/mol. The second kappa shape index (κ2) is 15.0. The molecule has 172 valence electrons. The van der Waals surface area contributed by atoms with Crippen molar-refractivity contribution in [3.63, 3.8) is 0 Å². The molecule has 0 spiro atoms. The Labute approximate surface area is 199 Å². The molecule has 2 N–H and O–H groups in total. The Morgan fingerprint density at radius 1 is 1.10 bits per heavy atom. The number of ether oxygens (including phenoxy) is 1. The van der Waals surface area contributed by atoms with E-state index in [2.05, 4.69) is 22.5 Å². The number of nitrogens with zero attached hydrogens (tertiary/aromatic N) is 2. The van der Waals surface area contributed by atoms with E-state index in [0.29, 0.717) is 30.5 Å². The minimum Gasteiger partial charge on any atom is -0.381 e. The first-order valence-electron chi connectivity index (χ1n) is 10.7. The summed E-state index contributed by atoms with van der Waals surface area (Å²) in [5.74, 6) is 0.656. The third-order valence-electron chi connectivity index (χ3n) is 4.98. The lowest BCUT2D eigenvalue weighted by Crippen LogP contribution is -2.39. The molecule has 0 aromatic heterocycles. The van der Waals surface area contributed by atoms with E-state index in [4.69, 9.17) is 4.74 Å². The molecule has 0 unspecified atom stereocenters. The number of rotatable bonds is 11. The summed E-state index contributed by atoms with van der Waals surface area (Å²) in [7, 11) is -1.75. The molecule has 1 aromatic carbocycles. The highest BCUT2D eigenvalue weighted by Gasteiger charge is 2.27. The van der Waals surface area contributed by atoms with Gasteiger partial charge in [0.15, 0.2) is 5.96 Å². The number of hydrogen-bond acceptors (Lipinski definition) is 4. The van der Waals surface area contributed by atoms with Gasteiger partial charge in [0.05, 0.1) is 4.90 Å². The van der Waals surface area contributed by atoms with Crippen molar-refractivity contribution in [1.82, 2.24) is 14.9 Å². The van der Waals surface area contributed by atoms with Crippen LogP contribution >= 0.6 is 24.0 Å². The van der Waals surface area contributed by atoms with Crippen LogP contribution in [0.4, 0.5) is 0 Å². The molecule has 1 fully saturated rings. The molecule has 1 heterocycles. The first kappa shape index (κ1) is 27.1. The van der Waals surface area contributed by atoms with Crippen molar-refractivity contribution in [2.75, 3.05) is 39.9 Å². The fourth-order valence-electron chi connectivity index (χ4n) is 3.27. The summed E-state index contributed by atoms with van der Waals surface area (Å²) in [5, 5.41) is 6.48. The van der Waals surface area contributed by atoms with E-state index in [1.54, 1.807) is 23.5 Å². The van der Waals surface area contributed by atoms with Gasteiger partial charge < -0.3 is 15.4 Å². The van der Waals surface area contributed by atoms with Crippen molar-refractivity contribution in [2.24, 2.45) is 4.99 Å². The summed E-state index contributed by atoms with van der Waals surface area (Å²) in [6.45, 7) is 6.04. The average Bonchev–Trinajstić information content (AvgIpc) is 2.76. The van der Waals surface area contributed by atoms with Crippen molar-refractivity contribution in [2.45, 2.75) is 56.9 Å². The highest BCUT2D eigenvalue weighted by molar-refractivity contribution is 14.0. The maximum atomic E-state index is 13.1. The van der Waals surface area contributed by atoms with Gasteiger partial charge in [0.2, 0.25) is 10.0 Å². The van der Waals surface area contributed by atoms with Crippen LogP contribution in [0.1, 0.15) is 51.0 Å². The van der Waals surface area contributed by atoms with Gasteiger partial charge in [-0.25, -0.2) is 8.42 Å². The second-order valence-corrected chi connectivity index (χ2v) is 9.15. The van der Waals surface area contributed by atoms with Gasteiger partial charge in [-0.2, -0.15) is 4.31 Å². The normalized spacial score (nSPS) is 15.5. The maximum absolute atomic E-state index is 13.1. The fraction of sp³-hybridized carbons (Fsp3) is 0.667. The lowest BCUT2D eigenvalue weighted by atomic mass is 10.2. The second-order valence-electron chi connectivity index (χ2n) is 7.24. The molecule has 0 amide bonds. The highest BCUT2D eigenvalue weighted by atomic mass is 127. The van der Waals surface area contributed by atoms with E-state index < -0.39 is 10.0 Å². The number of nitrogens with one attached hydrogen (secondary N) is 2. The molecule has 1 aliphatic heterocycles. The van der Waals surface area contributed by atoms with E-state index >= 15 is 0 Å². The zero-order valence-electron chi connectivity index (χ0n) is 18.2. The molecule has 0 radical (unpaired) electrons. The molecule has 30 heavy (non-hydrogen) atoms. The molecule has 2 rings (SSSR count). The Hall–Kier alpha value is -0.910. The smallest absolute Gasteiger partial charge is 0.243 e. The van der Waals surface area contributed by atoms with Crippen LogP contribution in [0.25, 0.3) is 0 Å². The Bertz CT molecular complexity index is 738. The summed E-state index contributed by atoms with van der Waals surface area (Å²) in [4.78, 5) is 4.61. The van der Waals surface area contributed by atoms with Gasteiger partial charge in [-0.05, 0) is 37.3 Å². The van der Waals surface area contributed by atoms with Crippen LogP contribution in [0, 0.1) is 0 Å². The van der Waals surface area contributed by atoms with Crippen molar-refractivity contribution in [1.29, 1.82) is 0 Å². The van der Waals surface area contributed by atoms with Crippen molar-refractivity contribution < 1.29 is 13.2 Å². The van der Waals surface area contributed by atoms with Crippen LogP contribution in [0.5, 0.6) is 0 Å². The van der Waals surface area contributed by atoms with Crippen molar-refractivity contribution >= 4 is 40.0 Å². The van der Waals surface area contributed by atoms with E-state index in [1.807, 2.05) is 12.1 Å². The van der Waals surface area contributed by atoms with Crippen LogP contribution in [0.2, 0.25) is 0 Å². The van der Waals surface area contributed by atoms with Crippen LogP contribution in [-0.2, 0) is 21.3 Å². The Morgan fingerprint density at radius 2 is 1.80 bits per heavy atom. The molecule has 9 heteroatoms. The van der Waals surface area contributed by atoms with Gasteiger partial charge in [-0.1, -0.05) is 38.0 Å². The SMILES string of the molecule is CCCCOCCCNC(=NC)NCc1ccccc1S(=O)(=O)N1CCCCC1.I. The van der Waals surface area contributed by atoms with Crippen LogP contribution < -0.4 is 10.6 Å². The molecule has 0 bridgehead atoms. The van der Waals surface area contributed by atoms with Gasteiger partial charge in [-0.3, -0.25) is 4.99 Å². The number of piperidine rings is 1. The molecular weight excluding hydrogens is 515 g/mol. The zero-order valence-corrected chi connectivity index (χ0v) is 21.4. The predicted octanol–water partition coefficient (Wildman–Crippen LogP) is 3.35. The van der Waals surface area contributed by atoms with Crippen molar-refractivity contribution in [3.8, 4) is 0 Å². The Balaban J connectivity index is 0.00000450. The summed E-state index contributed by atoms with van der Waals surface area (Å²) < 4.78 is 33.3. The van der Waals surface area contributed by atoms with Crippen molar-refractivity contribution in [3.05, 3.63) is 29.8 Å². The molecule has 7 nitrogen and oxygen atoms in total. The van der Waals surface area contributed by atoms with Gasteiger partial charge >= 0.3 is 0 Å². The predicted molar refractivity (Wildman–Crippen MR) is 133 cm³/mol. The fourth-order valence-corrected chi connectivity index (χ4v) is 5.01. The van der Waals surface area contributed by atoms with E-state index in [0.717, 1.165) is 63.8 Å². The average molecular weight is 553 g/mol. The summed E-state index contributed by atoms with van der Waals surface area (Å²) in [5.41, 5.74) is 0.754. The number of unbranched alkanes of at least 4 members (excludes halogenated alkanes) is 1. The highest BCUT2D eigenvalue weighted by Crippen LogP contribution is 2.23. The number of halogens is 1. The standard InChI is InChI=1S/C21H36N4O3S.HI/c1-3-4-16-28-17-10-13-23-21(22-2)24-18-19-11-6-7-12-20(19)29(26,27)25-14-8-5-9-15-25;/h6-7,11-12H,3-5,8-10,13-18H2,1-2H3,(H2,22,23,24);1H. The summed E-state index contributed by atoms with van der Waals surface area (Å²) in [6, 6.07) is 7.21. The molecule has 1 aliphatic rings. The quantitative estimate of drug-likeness (QED) is 0.191. The van der Waals surface area contributed by atoms with E-state index in [9.17, 15) is 8.42 Å². The first-order valence-corrected chi connectivity index (χ1v) is 12.1. The van der Waals surface area contributed by atoms with Crippen LogP contribution in [0.3, 0.4) is 0 Å². The molecule has 0 aliphatic carbocycles. The van der Waals surface area contributed by atoms with Gasteiger partial charge in [-0.15, -0.1) is 24.0 Å². The number of sulfonamides is 1. The Kier molecular flexibility index (Phi) is 13.5. The number of aliphatic imine (C=N–C) groups is 1. The molecule has 0 atom stereocenters. The number of benzene rings is 1.